The first-order valence-electron chi connectivity index (χ1n) is 8.67. The van der Waals surface area contributed by atoms with E-state index in [2.05, 4.69) is 34.2 Å². The summed E-state index contributed by atoms with van der Waals surface area (Å²) in [6.07, 6.45) is 10.8. The van der Waals surface area contributed by atoms with Crippen LogP contribution in [0.4, 0.5) is 0 Å². The largest absolute Gasteiger partial charge is 0.351 e. The number of hydrogen-bond donors (Lipinski definition) is 1. The normalized spacial score (nSPS) is 16.5. The molecule has 0 atom stereocenters. The molecule has 2 aromatic heterocycles. The van der Waals surface area contributed by atoms with Crippen molar-refractivity contribution in [1.82, 2.24) is 25.1 Å². The van der Waals surface area contributed by atoms with Gasteiger partial charge in [-0.1, -0.05) is 26.7 Å². The predicted octanol–water partition coefficient (Wildman–Crippen LogP) is 3.00. The molecule has 1 aliphatic rings. The SMILES string of the molecule is CC(C)CC1(CNC(=O)c2ccnc(-n3cncn3)c2)CCCC1. The topological polar surface area (TPSA) is 72.7 Å². The van der Waals surface area contributed by atoms with Gasteiger partial charge in [0, 0.05) is 18.3 Å². The van der Waals surface area contributed by atoms with Gasteiger partial charge in [-0.25, -0.2) is 14.6 Å². The van der Waals surface area contributed by atoms with E-state index < -0.39 is 0 Å². The molecule has 3 rings (SSSR count). The Morgan fingerprint density at radius 3 is 2.83 bits per heavy atom. The molecule has 2 heterocycles. The third-order valence-electron chi connectivity index (χ3n) is 4.79. The van der Waals surface area contributed by atoms with Crippen molar-refractivity contribution >= 4 is 5.91 Å². The Bertz CT molecular complexity index is 674. The third-order valence-corrected chi connectivity index (χ3v) is 4.79. The van der Waals surface area contributed by atoms with E-state index in [9.17, 15) is 4.79 Å². The lowest BCUT2D eigenvalue weighted by Gasteiger charge is -2.31. The van der Waals surface area contributed by atoms with Gasteiger partial charge >= 0.3 is 0 Å². The number of rotatable bonds is 6. The summed E-state index contributed by atoms with van der Waals surface area (Å²) >= 11 is 0. The zero-order valence-electron chi connectivity index (χ0n) is 14.4. The van der Waals surface area contributed by atoms with Crippen molar-refractivity contribution in [1.29, 1.82) is 0 Å². The van der Waals surface area contributed by atoms with Gasteiger partial charge in [0.2, 0.25) is 0 Å². The van der Waals surface area contributed by atoms with Crippen molar-refractivity contribution in [3.8, 4) is 5.82 Å². The molecule has 1 amide bonds. The Morgan fingerprint density at radius 2 is 2.17 bits per heavy atom. The van der Waals surface area contributed by atoms with Gasteiger partial charge in [0.05, 0.1) is 0 Å². The van der Waals surface area contributed by atoms with Crippen LogP contribution < -0.4 is 5.32 Å². The first-order valence-corrected chi connectivity index (χ1v) is 8.67. The fraction of sp³-hybridized carbons (Fsp3) is 0.556. The summed E-state index contributed by atoms with van der Waals surface area (Å²) in [5, 5.41) is 7.20. The van der Waals surface area contributed by atoms with E-state index in [-0.39, 0.29) is 11.3 Å². The second-order valence-electron chi connectivity index (χ2n) is 7.23. The Balaban J connectivity index is 1.67. The lowest BCUT2D eigenvalue weighted by molar-refractivity contribution is 0.0921. The van der Waals surface area contributed by atoms with Crippen molar-refractivity contribution in [3.05, 3.63) is 36.5 Å². The van der Waals surface area contributed by atoms with Crippen LogP contribution in [-0.4, -0.2) is 32.2 Å². The van der Waals surface area contributed by atoms with E-state index in [0.717, 1.165) is 6.54 Å². The predicted molar refractivity (Wildman–Crippen MR) is 91.8 cm³/mol. The minimum absolute atomic E-state index is 0.0474. The number of nitrogens with one attached hydrogen (secondary N) is 1. The highest BCUT2D eigenvalue weighted by Crippen LogP contribution is 2.42. The molecule has 6 nitrogen and oxygen atoms in total. The monoisotopic (exact) mass is 327 g/mol. The number of hydrogen-bond acceptors (Lipinski definition) is 4. The molecule has 24 heavy (non-hydrogen) atoms. The summed E-state index contributed by atoms with van der Waals surface area (Å²) in [4.78, 5) is 20.7. The molecular weight excluding hydrogens is 302 g/mol. The van der Waals surface area contributed by atoms with Gasteiger partial charge in [-0.3, -0.25) is 4.79 Å². The maximum Gasteiger partial charge on any atom is 0.251 e. The number of nitrogens with zero attached hydrogens (tertiary/aromatic N) is 4. The quantitative estimate of drug-likeness (QED) is 0.885. The zero-order chi connectivity index (χ0) is 17.0. The summed E-state index contributed by atoms with van der Waals surface area (Å²) in [5.74, 6) is 1.20. The van der Waals surface area contributed by atoms with Crippen LogP contribution in [0.2, 0.25) is 0 Å². The standard InChI is InChI=1S/C18H25N5O/c1-14(2)10-18(6-3-4-7-18)11-21-17(24)15-5-8-20-16(9-15)23-13-19-12-22-23/h5,8-9,12-14H,3-4,6-7,10-11H2,1-2H3,(H,21,24). The van der Waals surface area contributed by atoms with E-state index >= 15 is 0 Å². The summed E-state index contributed by atoms with van der Waals surface area (Å²) in [7, 11) is 0. The van der Waals surface area contributed by atoms with E-state index in [4.69, 9.17) is 0 Å². The molecule has 0 aliphatic heterocycles. The van der Waals surface area contributed by atoms with Gasteiger partial charge in [0.1, 0.15) is 12.7 Å². The van der Waals surface area contributed by atoms with Gasteiger partial charge in [0.15, 0.2) is 5.82 Å². The van der Waals surface area contributed by atoms with Crippen LogP contribution in [0.15, 0.2) is 31.0 Å². The molecule has 2 aromatic rings. The maximum atomic E-state index is 12.6. The smallest absolute Gasteiger partial charge is 0.251 e. The third kappa shape index (κ3) is 3.80. The molecule has 1 N–H and O–H groups in total. The van der Waals surface area contributed by atoms with Crippen molar-refractivity contribution in [2.75, 3.05) is 6.54 Å². The minimum atomic E-state index is -0.0474. The van der Waals surface area contributed by atoms with E-state index in [1.807, 2.05) is 0 Å². The molecule has 6 heteroatoms. The van der Waals surface area contributed by atoms with Gasteiger partial charge in [-0.15, -0.1) is 0 Å². The van der Waals surface area contributed by atoms with Crippen molar-refractivity contribution in [3.63, 3.8) is 0 Å². The molecule has 1 saturated carbocycles. The van der Waals surface area contributed by atoms with Crippen molar-refractivity contribution in [2.24, 2.45) is 11.3 Å². The fourth-order valence-electron chi connectivity index (χ4n) is 3.83. The second-order valence-corrected chi connectivity index (χ2v) is 7.23. The number of carbonyl (C=O) groups excluding carboxylic acids is 1. The molecule has 1 aliphatic carbocycles. The first-order chi connectivity index (χ1) is 11.6. The molecule has 0 radical (unpaired) electrons. The highest BCUT2D eigenvalue weighted by atomic mass is 16.1. The van der Waals surface area contributed by atoms with Crippen LogP contribution >= 0.6 is 0 Å². The Kier molecular flexibility index (Phi) is 4.92. The first kappa shape index (κ1) is 16.6. The van der Waals surface area contributed by atoms with Crippen LogP contribution in [0, 0.1) is 11.3 Å². The lowest BCUT2D eigenvalue weighted by Crippen LogP contribution is -2.37. The van der Waals surface area contributed by atoms with Crippen molar-refractivity contribution < 1.29 is 4.79 Å². The number of carbonyl (C=O) groups is 1. The number of aromatic nitrogens is 4. The van der Waals surface area contributed by atoms with Gasteiger partial charge in [0.25, 0.3) is 5.91 Å². The number of amides is 1. The molecule has 0 unspecified atom stereocenters. The van der Waals surface area contributed by atoms with Crippen LogP contribution in [0.5, 0.6) is 0 Å². The average Bonchev–Trinajstić information content (AvgIpc) is 3.24. The second kappa shape index (κ2) is 7.11. The van der Waals surface area contributed by atoms with E-state index in [0.29, 0.717) is 17.3 Å². The molecule has 1 fully saturated rings. The van der Waals surface area contributed by atoms with Gasteiger partial charge < -0.3 is 5.32 Å². The summed E-state index contributed by atoms with van der Waals surface area (Å²) < 4.78 is 1.55. The highest BCUT2D eigenvalue weighted by Gasteiger charge is 2.34. The molecular formula is C18H25N5O. The van der Waals surface area contributed by atoms with Gasteiger partial charge in [-0.05, 0) is 42.7 Å². The Labute approximate surface area is 142 Å². The Morgan fingerprint density at radius 1 is 1.38 bits per heavy atom. The van der Waals surface area contributed by atoms with Crippen LogP contribution in [0.25, 0.3) is 5.82 Å². The molecule has 128 valence electrons. The summed E-state index contributed by atoms with van der Waals surface area (Å²) in [6, 6.07) is 3.48. The average molecular weight is 327 g/mol. The molecule has 0 bridgehead atoms. The summed E-state index contributed by atoms with van der Waals surface area (Å²) in [6.45, 7) is 5.27. The Hall–Kier alpha value is -2.24. The minimum Gasteiger partial charge on any atom is -0.351 e. The van der Waals surface area contributed by atoms with Gasteiger partial charge in [-0.2, -0.15) is 5.10 Å². The van der Waals surface area contributed by atoms with Crippen LogP contribution in [0.1, 0.15) is 56.3 Å². The van der Waals surface area contributed by atoms with E-state index in [1.165, 1.54) is 38.4 Å². The number of pyridine rings is 1. The van der Waals surface area contributed by atoms with E-state index in [1.54, 1.807) is 29.3 Å². The summed E-state index contributed by atoms with van der Waals surface area (Å²) in [5.41, 5.74) is 0.874. The van der Waals surface area contributed by atoms with Crippen molar-refractivity contribution in [2.45, 2.75) is 46.0 Å². The van der Waals surface area contributed by atoms with Crippen LogP contribution in [-0.2, 0) is 0 Å². The maximum absolute atomic E-state index is 12.6. The molecule has 0 spiro atoms. The highest BCUT2D eigenvalue weighted by molar-refractivity contribution is 5.94. The zero-order valence-corrected chi connectivity index (χ0v) is 14.4. The molecule has 0 saturated heterocycles. The molecule has 0 aromatic carbocycles. The lowest BCUT2D eigenvalue weighted by atomic mass is 9.78. The van der Waals surface area contributed by atoms with Crippen LogP contribution in [0.3, 0.4) is 0 Å². The fourth-order valence-corrected chi connectivity index (χ4v) is 3.83.